The van der Waals surface area contributed by atoms with Gasteiger partial charge in [-0.2, -0.15) is 5.16 Å². The number of ether oxygens (including phenoxy) is 1. The van der Waals surface area contributed by atoms with Gasteiger partial charge in [0.15, 0.2) is 6.79 Å². The average molecular weight is 708 g/mol. The number of aromatic nitrogens is 4. The molecule has 43 heavy (non-hydrogen) atoms. The van der Waals surface area contributed by atoms with Crippen molar-refractivity contribution in [3.63, 3.8) is 0 Å². The predicted molar refractivity (Wildman–Crippen MR) is 152 cm³/mol. The van der Waals surface area contributed by atoms with E-state index in [1.165, 1.54) is 71.7 Å². The van der Waals surface area contributed by atoms with Crippen LogP contribution in [0.5, 0.6) is 5.75 Å². The molecule has 0 fully saturated rings. The number of isothiocyanates is 1. The summed E-state index contributed by atoms with van der Waals surface area (Å²) in [6.07, 6.45) is 5.58. The quantitative estimate of drug-likeness (QED) is 0.0538. The van der Waals surface area contributed by atoms with E-state index in [1.54, 1.807) is 12.1 Å². The van der Waals surface area contributed by atoms with Crippen molar-refractivity contribution in [1.82, 2.24) is 19.9 Å². The van der Waals surface area contributed by atoms with Crippen LogP contribution in [0.1, 0.15) is 31.1 Å². The second-order valence-corrected chi connectivity index (χ2v) is 7.40. The molecular formula is C26H18N6O8RuS2. The fourth-order valence-electron chi connectivity index (χ4n) is 2.83. The fraction of sp³-hybridized carbons (Fsp3) is 0.0385. The Hall–Kier alpha value is -5.10. The fourth-order valence-corrected chi connectivity index (χ4v) is 2.83. The zero-order valence-electron chi connectivity index (χ0n) is 21.4. The van der Waals surface area contributed by atoms with E-state index in [0.29, 0.717) is 28.5 Å². The number of carboxylic acid groups (broad SMARTS) is 3. The molecule has 0 aliphatic carbocycles. The number of pyridine rings is 4. The van der Waals surface area contributed by atoms with Crippen LogP contribution in [0.2, 0.25) is 0 Å². The molecule has 0 radical (unpaired) electrons. The summed E-state index contributed by atoms with van der Waals surface area (Å²) in [6.45, 7) is -0.438. The zero-order chi connectivity index (χ0) is 31.5. The smallest absolute Gasteiger partial charge is 0.753 e. The van der Waals surface area contributed by atoms with Gasteiger partial charge in [0.1, 0.15) is 5.75 Å². The van der Waals surface area contributed by atoms with Crippen LogP contribution in [0, 0.1) is 10.7 Å². The van der Waals surface area contributed by atoms with E-state index in [1.807, 2.05) is 0 Å². The summed E-state index contributed by atoms with van der Waals surface area (Å²) < 4.78 is 4.92. The second kappa shape index (κ2) is 20.7. The summed E-state index contributed by atoms with van der Waals surface area (Å²) in [5.41, 5.74) is 1.82. The summed E-state index contributed by atoms with van der Waals surface area (Å²) in [7, 11) is 0. The third kappa shape index (κ3) is 13.4. The van der Waals surface area contributed by atoms with Crippen molar-refractivity contribution < 1.29 is 59.0 Å². The van der Waals surface area contributed by atoms with E-state index in [-0.39, 0.29) is 36.2 Å². The van der Waals surface area contributed by atoms with Crippen molar-refractivity contribution in [2.75, 3.05) is 6.79 Å². The number of nitrogens with zero attached hydrogens (tertiary/aromatic N) is 6. The Labute approximate surface area is 267 Å². The third-order valence-corrected chi connectivity index (χ3v) is 4.51. The van der Waals surface area contributed by atoms with Gasteiger partial charge >= 0.3 is 37.4 Å². The molecule has 17 heteroatoms. The Balaban J connectivity index is 0.000000680. The van der Waals surface area contributed by atoms with Crippen LogP contribution in [-0.4, -0.2) is 70.2 Å². The largest absolute Gasteiger partial charge is 2.00 e. The number of thiocyanates is 1. The molecular weight excluding hydrogens is 690 g/mol. The number of hydrogen-bond acceptors (Lipinski definition) is 12. The molecule has 0 saturated carbocycles. The van der Waals surface area contributed by atoms with Crippen LogP contribution in [0.25, 0.3) is 28.2 Å². The van der Waals surface area contributed by atoms with E-state index in [9.17, 15) is 14.4 Å². The molecule has 4 aromatic rings. The number of carboxylic acids is 3. The molecule has 14 nitrogen and oxygen atoms in total. The summed E-state index contributed by atoms with van der Waals surface area (Å²) in [5.74, 6) is -2.74. The van der Waals surface area contributed by atoms with Gasteiger partial charge in [0.05, 0.1) is 39.5 Å². The molecule has 4 N–H and O–H groups in total. The Morgan fingerprint density at radius 1 is 0.767 bits per heavy atom. The third-order valence-electron chi connectivity index (χ3n) is 4.51. The SMILES string of the molecule is N#C[S-].O=C(O)c1ccnc(-c2cc(C(=O)O)ccn2)c1.O=C(O)c1ccnc(-c2cc(OCO)ccn2)c1.[N-]=C=S.[Ru+2]. The van der Waals surface area contributed by atoms with Gasteiger partial charge < -0.3 is 43.2 Å². The number of aliphatic hydroxyl groups is 1. The monoisotopic (exact) mass is 708 g/mol. The second-order valence-electron chi connectivity index (χ2n) is 7.04. The summed E-state index contributed by atoms with van der Waals surface area (Å²) in [6, 6.07) is 11.4. The first-order chi connectivity index (χ1) is 20.1. The Bertz CT molecular complexity index is 1560. The summed E-state index contributed by atoms with van der Waals surface area (Å²) in [5, 5.41) is 52.2. The van der Waals surface area contributed by atoms with E-state index in [0.717, 1.165) is 0 Å². The van der Waals surface area contributed by atoms with Gasteiger partial charge in [-0.15, -0.1) is 0 Å². The van der Waals surface area contributed by atoms with Crippen LogP contribution in [0.3, 0.4) is 0 Å². The topological polar surface area (TPSA) is 239 Å². The van der Waals surface area contributed by atoms with Crippen LogP contribution >= 0.6 is 12.2 Å². The van der Waals surface area contributed by atoms with E-state index < -0.39 is 24.7 Å². The molecule has 4 aromatic heterocycles. The number of aromatic carboxylic acids is 3. The van der Waals surface area contributed by atoms with Crippen molar-refractivity contribution in [2.45, 2.75) is 0 Å². The molecule has 0 aliphatic heterocycles. The van der Waals surface area contributed by atoms with Crippen LogP contribution in [0.4, 0.5) is 0 Å². The normalized spacial score (nSPS) is 8.74. The van der Waals surface area contributed by atoms with Crippen molar-refractivity contribution in [1.29, 1.82) is 5.26 Å². The zero-order valence-corrected chi connectivity index (χ0v) is 24.8. The molecule has 220 valence electrons. The van der Waals surface area contributed by atoms with E-state index in [2.05, 4.69) is 44.8 Å². The molecule has 0 saturated heterocycles. The first-order valence-electron chi connectivity index (χ1n) is 10.9. The van der Waals surface area contributed by atoms with E-state index >= 15 is 0 Å². The molecule has 4 rings (SSSR count). The number of rotatable bonds is 7. The number of aliphatic hydroxyl groups excluding tert-OH is 1. The summed E-state index contributed by atoms with van der Waals surface area (Å²) >= 11 is 7.40. The van der Waals surface area contributed by atoms with Gasteiger partial charge in [-0.05, 0) is 42.5 Å². The first kappa shape index (κ1) is 37.9. The van der Waals surface area contributed by atoms with Gasteiger partial charge in [-0.1, -0.05) is 17.6 Å². The maximum atomic E-state index is 10.8. The van der Waals surface area contributed by atoms with Crippen molar-refractivity contribution in [3.8, 4) is 33.9 Å². The molecule has 0 aromatic carbocycles. The number of nitriles is 1. The van der Waals surface area contributed by atoms with Crippen molar-refractivity contribution >= 4 is 47.9 Å². The molecule has 0 unspecified atom stereocenters. The Kier molecular flexibility index (Phi) is 18.3. The number of carbonyl (C=O) groups is 3. The molecule has 0 amide bonds. The molecule has 0 spiro atoms. The van der Waals surface area contributed by atoms with E-state index in [4.69, 9.17) is 35.8 Å². The van der Waals surface area contributed by atoms with Gasteiger partial charge in [-0.25, -0.2) is 19.6 Å². The van der Waals surface area contributed by atoms with Crippen molar-refractivity contribution in [2.24, 2.45) is 0 Å². The van der Waals surface area contributed by atoms with Gasteiger partial charge in [0, 0.05) is 30.9 Å². The Morgan fingerprint density at radius 2 is 1.05 bits per heavy atom. The van der Waals surface area contributed by atoms with Gasteiger partial charge in [-0.3, -0.25) is 19.9 Å². The summed E-state index contributed by atoms with van der Waals surface area (Å²) in [4.78, 5) is 48.6. The molecule has 0 atom stereocenters. The Morgan fingerprint density at radius 3 is 1.33 bits per heavy atom. The maximum Gasteiger partial charge on any atom is 2.00 e. The molecule has 0 aliphatic rings. The minimum absolute atomic E-state index is 0. The van der Waals surface area contributed by atoms with Gasteiger partial charge in [0.2, 0.25) is 0 Å². The average Bonchev–Trinajstić information content (AvgIpc) is 2.99. The predicted octanol–water partition coefficient (Wildman–Crippen LogP) is 3.38. The standard InChI is InChI=1S/C12H10N2O4.C12H8N2O4.CHNS.CNS.Ru/c15-7-18-9-2-4-14-11(6-9)10-5-8(12(16)17)1-3-13-10;15-11(16)7-1-3-13-9(5-7)10-6-8(12(17)18)2-4-14-10;2*2-1-3;/h1-6,15H,7H2,(H,16,17);1-6H,(H,15,16)(H,17,18);3H;;/q;;;-1;+2/p-1. The number of hydrogen-bond donors (Lipinski definition) is 4. The van der Waals surface area contributed by atoms with Crippen molar-refractivity contribution in [3.05, 3.63) is 95.4 Å². The van der Waals surface area contributed by atoms with Crippen LogP contribution < -0.4 is 4.74 Å². The minimum Gasteiger partial charge on any atom is -0.753 e. The van der Waals surface area contributed by atoms with Crippen LogP contribution in [0.15, 0.2) is 73.3 Å². The first-order valence-corrected chi connectivity index (χ1v) is 11.7. The van der Waals surface area contributed by atoms with Gasteiger partial charge in [0.25, 0.3) is 0 Å². The van der Waals surface area contributed by atoms with Crippen LogP contribution in [-0.2, 0) is 32.1 Å². The molecule has 0 bridgehead atoms. The minimum atomic E-state index is -1.08. The molecule has 4 heterocycles. The number of thiocarbonyl (C=S) groups is 1. The maximum absolute atomic E-state index is 10.8.